The highest BCUT2D eigenvalue weighted by Crippen LogP contribution is 2.27. The number of terminal acetylenes is 1. The number of para-hydroxylation sites is 1. The van der Waals surface area contributed by atoms with Crippen molar-refractivity contribution < 1.29 is 4.79 Å². The topological polar surface area (TPSA) is 61.4 Å². The third-order valence-corrected chi connectivity index (χ3v) is 6.24. The summed E-state index contributed by atoms with van der Waals surface area (Å²) in [6, 6.07) is 15.9. The molecule has 1 saturated heterocycles. The highest BCUT2D eigenvalue weighted by atomic mass is 16.2. The predicted molar refractivity (Wildman–Crippen MR) is 139 cm³/mol. The van der Waals surface area contributed by atoms with Gasteiger partial charge in [0.05, 0.1) is 5.52 Å². The first-order valence-electron chi connectivity index (χ1n) is 11.7. The Labute approximate surface area is 201 Å². The largest absolute Gasteiger partial charge is 0.340 e. The van der Waals surface area contributed by atoms with Gasteiger partial charge in [0.2, 0.25) is 0 Å². The lowest BCUT2D eigenvalue weighted by Gasteiger charge is -2.20. The zero-order valence-electron chi connectivity index (χ0n) is 20.1. The lowest BCUT2D eigenvalue weighted by molar-refractivity contribution is 0.0783. The van der Waals surface area contributed by atoms with Crippen LogP contribution in [-0.4, -0.2) is 58.9 Å². The second kappa shape index (κ2) is 10.5. The maximum absolute atomic E-state index is 12.9. The lowest BCUT2D eigenvalue weighted by atomic mass is 10.1. The smallest absolute Gasteiger partial charge is 0.253 e. The van der Waals surface area contributed by atoms with E-state index in [0.29, 0.717) is 23.2 Å². The number of nitrogens with zero attached hydrogens (tertiary/aromatic N) is 4. The number of likely N-dealkylation sites (tertiary alicyclic amines) is 1. The van der Waals surface area contributed by atoms with Gasteiger partial charge in [0.15, 0.2) is 5.82 Å². The average molecular weight is 454 g/mol. The molecule has 2 aromatic carbocycles. The molecule has 0 spiro atoms. The second-order valence-electron chi connectivity index (χ2n) is 8.86. The van der Waals surface area contributed by atoms with E-state index in [1.54, 1.807) is 6.08 Å². The number of aromatic nitrogens is 2. The van der Waals surface area contributed by atoms with Crippen molar-refractivity contribution in [1.82, 2.24) is 19.8 Å². The van der Waals surface area contributed by atoms with Gasteiger partial charge in [-0.05, 0) is 69.4 Å². The van der Waals surface area contributed by atoms with Gasteiger partial charge < -0.3 is 15.1 Å². The SMILES string of the molecule is C#C/C=C(\CCC)c1nc(Nc2ccc(C(=O)N3CCC(N(C)C)C3)cc2)c2ccccc2n1. The fourth-order valence-corrected chi connectivity index (χ4v) is 4.30. The summed E-state index contributed by atoms with van der Waals surface area (Å²) in [5.41, 5.74) is 3.35. The van der Waals surface area contributed by atoms with Crippen LogP contribution in [0.15, 0.2) is 54.6 Å². The van der Waals surface area contributed by atoms with Gasteiger partial charge in [-0.15, -0.1) is 6.42 Å². The van der Waals surface area contributed by atoms with E-state index in [-0.39, 0.29) is 5.91 Å². The summed E-state index contributed by atoms with van der Waals surface area (Å²) < 4.78 is 0. The van der Waals surface area contributed by atoms with E-state index in [1.165, 1.54) is 0 Å². The molecule has 1 aromatic heterocycles. The third-order valence-electron chi connectivity index (χ3n) is 6.24. The van der Waals surface area contributed by atoms with Crippen molar-refractivity contribution in [2.24, 2.45) is 0 Å². The number of hydrogen-bond acceptors (Lipinski definition) is 5. The molecule has 2 heterocycles. The molecule has 1 N–H and O–H groups in total. The minimum atomic E-state index is 0.0781. The van der Waals surface area contributed by atoms with Crippen molar-refractivity contribution >= 4 is 33.9 Å². The Bertz CT molecular complexity index is 1240. The van der Waals surface area contributed by atoms with Crippen LogP contribution in [0.25, 0.3) is 16.5 Å². The fraction of sp³-hybridized carbons (Fsp3) is 0.321. The summed E-state index contributed by atoms with van der Waals surface area (Å²) in [7, 11) is 4.13. The monoisotopic (exact) mass is 453 g/mol. The number of carbonyl (C=O) groups excluding carboxylic acids is 1. The van der Waals surface area contributed by atoms with Gasteiger partial charge in [-0.2, -0.15) is 0 Å². The minimum absolute atomic E-state index is 0.0781. The molecule has 1 unspecified atom stereocenters. The normalized spacial score (nSPS) is 16.1. The molecule has 174 valence electrons. The quantitative estimate of drug-likeness (QED) is 0.512. The Morgan fingerprint density at radius 2 is 1.97 bits per heavy atom. The zero-order valence-corrected chi connectivity index (χ0v) is 20.1. The molecular weight excluding hydrogens is 422 g/mol. The average Bonchev–Trinajstić information content (AvgIpc) is 3.35. The van der Waals surface area contributed by atoms with Gasteiger partial charge in [-0.3, -0.25) is 4.79 Å². The van der Waals surface area contributed by atoms with Crippen molar-refractivity contribution in [2.75, 3.05) is 32.5 Å². The van der Waals surface area contributed by atoms with E-state index in [2.05, 4.69) is 37.2 Å². The van der Waals surface area contributed by atoms with E-state index in [1.807, 2.05) is 53.4 Å². The van der Waals surface area contributed by atoms with Crippen LogP contribution in [-0.2, 0) is 0 Å². The number of benzene rings is 2. The van der Waals surface area contributed by atoms with E-state index < -0.39 is 0 Å². The molecular formula is C28H31N5O. The number of likely N-dealkylation sites (N-methyl/N-ethyl adjacent to an activating group) is 1. The number of carbonyl (C=O) groups is 1. The maximum Gasteiger partial charge on any atom is 0.253 e. The van der Waals surface area contributed by atoms with Crippen molar-refractivity contribution in [1.29, 1.82) is 0 Å². The molecule has 1 aliphatic heterocycles. The number of anilines is 2. The molecule has 1 aliphatic rings. The summed E-state index contributed by atoms with van der Waals surface area (Å²) in [6.07, 6.45) is 10.1. The number of nitrogens with one attached hydrogen (secondary N) is 1. The van der Waals surface area contributed by atoms with E-state index in [4.69, 9.17) is 16.4 Å². The van der Waals surface area contributed by atoms with E-state index >= 15 is 0 Å². The van der Waals surface area contributed by atoms with Crippen LogP contribution in [0.1, 0.15) is 42.4 Å². The van der Waals surface area contributed by atoms with Crippen LogP contribution in [0.3, 0.4) is 0 Å². The van der Waals surface area contributed by atoms with Crippen molar-refractivity contribution in [2.45, 2.75) is 32.2 Å². The maximum atomic E-state index is 12.9. The summed E-state index contributed by atoms with van der Waals surface area (Å²) in [6.45, 7) is 3.67. The molecule has 0 bridgehead atoms. The first-order valence-corrected chi connectivity index (χ1v) is 11.7. The summed E-state index contributed by atoms with van der Waals surface area (Å²) in [5.74, 6) is 4.05. The highest BCUT2D eigenvalue weighted by Gasteiger charge is 2.28. The van der Waals surface area contributed by atoms with Crippen LogP contribution >= 0.6 is 0 Å². The molecule has 0 aliphatic carbocycles. The highest BCUT2D eigenvalue weighted by molar-refractivity contribution is 5.95. The Kier molecular flexibility index (Phi) is 7.24. The number of rotatable bonds is 7. The molecule has 4 rings (SSSR count). The Morgan fingerprint density at radius 1 is 1.21 bits per heavy atom. The molecule has 3 aromatic rings. The molecule has 0 radical (unpaired) electrons. The Hall–Kier alpha value is -3.69. The van der Waals surface area contributed by atoms with Crippen LogP contribution in [0.2, 0.25) is 0 Å². The first kappa shape index (κ1) is 23.5. The van der Waals surface area contributed by atoms with Crippen LogP contribution in [0.4, 0.5) is 11.5 Å². The van der Waals surface area contributed by atoms with Crippen molar-refractivity contribution in [3.8, 4) is 12.3 Å². The minimum Gasteiger partial charge on any atom is -0.340 e. The van der Waals surface area contributed by atoms with Crippen LogP contribution in [0, 0.1) is 12.3 Å². The number of allylic oxidation sites excluding steroid dienone is 2. The van der Waals surface area contributed by atoms with Gasteiger partial charge in [0, 0.05) is 41.3 Å². The number of hydrogen-bond donors (Lipinski definition) is 1. The molecule has 34 heavy (non-hydrogen) atoms. The fourth-order valence-electron chi connectivity index (χ4n) is 4.30. The van der Waals surface area contributed by atoms with Crippen LogP contribution < -0.4 is 5.32 Å². The Balaban J connectivity index is 1.58. The molecule has 1 fully saturated rings. The van der Waals surface area contributed by atoms with Gasteiger partial charge >= 0.3 is 0 Å². The number of amides is 1. The third kappa shape index (κ3) is 5.11. The van der Waals surface area contributed by atoms with Gasteiger partial charge in [-0.25, -0.2) is 9.97 Å². The number of fused-ring (bicyclic) bond motifs is 1. The van der Waals surface area contributed by atoms with E-state index in [0.717, 1.165) is 54.5 Å². The second-order valence-corrected chi connectivity index (χ2v) is 8.86. The zero-order chi connectivity index (χ0) is 24.1. The molecule has 6 heteroatoms. The molecule has 1 amide bonds. The summed E-state index contributed by atoms with van der Waals surface area (Å²) in [4.78, 5) is 26.6. The first-order chi connectivity index (χ1) is 16.5. The predicted octanol–water partition coefficient (Wildman–Crippen LogP) is 4.97. The van der Waals surface area contributed by atoms with Gasteiger partial charge in [0.1, 0.15) is 5.82 Å². The van der Waals surface area contributed by atoms with Gasteiger partial charge in [-0.1, -0.05) is 31.4 Å². The van der Waals surface area contributed by atoms with E-state index in [9.17, 15) is 4.79 Å². The van der Waals surface area contributed by atoms with Crippen molar-refractivity contribution in [3.63, 3.8) is 0 Å². The molecule has 0 saturated carbocycles. The molecule has 1 atom stereocenters. The molecule has 6 nitrogen and oxygen atoms in total. The summed E-state index contributed by atoms with van der Waals surface area (Å²) in [5, 5.41) is 4.35. The summed E-state index contributed by atoms with van der Waals surface area (Å²) >= 11 is 0. The Morgan fingerprint density at radius 3 is 2.65 bits per heavy atom. The van der Waals surface area contributed by atoms with Crippen molar-refractivity contribution in [3.05, 3.63) is 66.0 Å². The standard InChI is InChI=1S/C28H31N5O/c1-5-9-20(10-6-2)26-30-25-12-8-7-11-24(25)27(31-26)29-22-15-13-21(14-16-22)28(34)33-18-17-23(19-33)32(3)4/h1,7-9,11-16,23H,6,10,17-19H2,2-4H3,(H,29,30,31)/b20-9+. The lowest BCUT2D eigenvalue weighted by Crippen LogP contribution is -2.34. The van der Waals surface area contributed by atoms with Gasteiger partial charge in [0.25, 0.3) is 5.91 Å². The van der Waals surface area contributed by atoms with Crippen LogP contribution in [0.5, 0.6) is 0 Å².